The predicted octanol–water partition coefficient (Wildman–Crippen LogP) is 4.29. The van der Waals surface area contributed by atoms with Crippen LogP contribution in [-0.2, 0) is 6.42 Å². The number of imidazole rings is 1. The third kappa shape index (κ3) is 4.12. The first-order valence-electron chi connectivity index (χ1n) is 9.69. The van der Waals surface area contributed by atoms with Gasteiger partial charge in [0, 0.05) is 5.56 Å². The summed E-state index contributed by atoms with van der Waals surface area (Å²) in [5.41, 5.74) is 3.40. The van der Waals surface area contributed by atoms with Crippen LogP contribution in [0.15, 0.2) is 72.8 Å². The Morgan fingerprint density at radius 2 is 1.70 bits per heavy atom. The number of H-pyrrole nitrogens is 1. The lowest BCUT2D eigenvalue weighted by Gasteiger charge is -2.18. The summed E-state index contributed by atoms with van der Waals surface area (Å²) in [6.07, 6.45) is 0.611. The molecule has 1 atom stereocenters. The van der Waals surface area contributed by atoms with Crippen molar-refractivity contribution < 1.29 is 14.3 Å². The second-order valence-electron chi connectivity index (χ2n) is 6.92. The van der Waals surface area contributed by atoms with Crippen LogP contribution in [0.5, 0.6) is 11.5 Å². The minimum atomic E-state index is -0.319. The number of ether oxygens (including phenoxy) is 2. The zero-order valence-corrected chi connectivity index (χ0v) is 16.9. The number of nitrogens with one attached hydrogen (secondary N) is 2. The quantitative estimate of drug-likeness (QED) is 0.484. The van der Waals surface area contributed by atoms with Crippen molar-refractivity contribution in [3.05, 3.63) is 89.7 Å². The Morgan fingerprint density at radius 3 is 2.43 bits per heavy atom. The van der Waals surface area contributed by atoms with E-state index in [0.29, 0.717) is 29.3 Å². The number of fused-ring (bicyclic) bond motifs is 1. The van der Waals surface area contributed by atoms with E-state index in [1.165, 1.54) is 0 Å². The number of benzene rings is 3. The molecule has 3 aromatic carbocycles. The molecule has 6 nitrogen and oxygen atoms in total. The molecule has 0 saturated heterocycles. The molecule has 1 heterocycles. The highest BCUT2D eigenvalue weighted by molar-refractivity contribution is 5.95. The molecule has 0 spiro atoms. The van der Waals surface area contributed by atoms with Crippen molar-refractivity contribution in [2.45, 2.75) is 12.5 Å². The first kappa shape index (κ1) is 19.5. The van der Waals surface area contributed by atoms with E-state index in [1.54, 1.807) is 32.4 Å². The van der Waals surface area contributed by atoms with Crippen molar-refractivity contribution in [3.8, 4) is 11.5 Å². The molecule has 30 heavy (non-hydrogen) atoms. The highest BCUT2D eigenvalue weighted by atomic mass is 16.5. The van der Waals surface area contributed by atoms with Gasteiger partial charge in [-0.2, -0.15) is 0 Å². The molecule has 0 fully saturated rings. The average Bonchev–Trinajstić information content (AvgIpc) is 3.23. The first-order valence-corrected chi connectivity index (χ1v) is 9.69. The number of hydrogen-bond donors (Lipinski definition) is 2. The summed E-state index contributed by atoms with van der Waals surface area (Å²) >= 11 is 0. The Hall–Kier alpha value is -3.80. The third-order valence-electron chi connectivity index (χ3n) is 4.97. The fourth-order valence-electron chi connectivity index (χ4n) is 3.42. The van der Waals surface area contributed by atoms with Crippen molar-refractivity contribution in [1.29, 1.82) is 0 Å². The van der Waals surface area contributed by atoms with Gasteiger partial charge in [-0.3, -0.25) is 4.79 Å². The number of aromatic amines is 1. The van der Waals surface area contributed by atoms with Gasteiger partial charge in [-0.15, -0.1) is 0 Å². The molecule has 1 aromatic heterocycles. The fourth-order valence-corrected chi connectivity index (χ4v) is 3.42. The van der Waals surface area contributed by atoms with Gasteiger partial charge in [0.1, 0.15) is 5.82 Å². The lowest BCUT2D eigenvalue weighted by Crippen LogP contribution is -2.30. The molecule has 4 rings (SSSR count). The normalized spacial score (nSPS) is 11.8. The van der Waals surface area contributed by atoms with Gasteiger partial charge in [0.15, 0.2) is 11.5 Å². The fraction of sp³-hybridized carbons (Fsp3) is 0.167. The minimum absolute atomic E-state index is 0.211. The van der Waals surface area contributed by atoms with Crippen LogP contribution in [0.1, 0.15) is 27.8 Å². The number of aromatic nitrogens is 2. The third-order valence-corrected chi connectivity index (χ3v) is 4.97. The SMILES string of the molecule is COc1ccc(C(=O)NC(Cc2ccccc2)c2nc3ccccc3[nH]2)cc1OC. The van der Waals surface area contributed by atoms with Gasteiger partial charge in [0.05, 0.1) is 31.3 Å². The van der Waals surface area contributed by atoms with Gasteiger partial charge in [-0.05, 0) is 42.3 Å². The molecule has 0 saturated carbocycles. The predicted molar refractivity (Wildman–Crippen MR) is 116 cm³/mol. The molecular formula is C24H23N3O3. The zero-order chi connectivity index (χ0) is 20.9. The molecule has 1 amide bonds. The van der Waals surface area contributed by atoms with E-state index >= 15 is 0 Å². The van der Waals surface area contributed by atoms with Crippen LogP contribution >= 0.6 is 0 Å². The number of rotatable bonds is 7. The van der Waals surface area contributed by atoms with Crippen molar-refractivity contribution in [2.75, 3.05) is 14.2 Å². The van der Waals surface area contributed by atoms with Gasteiger partial charge in [0.2, 0.25) is 0 Å². The second kappa shape index (κ2) is 8.69. The van der Waals surface area contributed by atoms with E-state index in [1.807, 2.05) is 54.6 Å². The highest BCUT2D eigenvalue weighted by Crippen LogP contribution is 2.28. The lowest BCUT2D eigenvalue weighted by molar-refractivity contribution is 0.0934. The maximum absolute atomic E-state index is 13.1. The average molecular weight is 401 g/mol. The summed E-state index contributed by atoms with van der Waals surface area (Å²) in [6.45, 7) is 0. The van der Waals surface area contributed by atoms with E-state index < -0.39 is 0 Å². The highest BCUT2D eigenvalue weighted by Gasteiger charge is 2.21. The largest absolute Gasteiger partial charge is 0.493 e. The summed E-state index contributed by atoms with van der Waals surface area (Å²) in [6, 6.07) is 22.6. The Labute approximate surface area is 174 Å². The molecule has 1 unspecified atom stereocenters. The van der Waals surface area contributed by atoms with E-state index in [9.17, 15) is 4.79 Å². The molecule has 0 radical (unpaired) electrons. The van der Waals surface area contributed by atoms with Gasteiger partial charge in [-0.1, -0.05) is 42.5 Å². The van der Waals surface area contributed by atoms with Crippen molar-refractivity contribution in [1.82, 2.24) is 15.3 Å². The maximum Gasteiger partial charge on any atom is 0.252 e. The minimum Gasteiger partial charge on any atom is -0.493 e. The molecule has 4 aromatic rings. The van der Waals surface area contributed by atoms with Crippen molar-refractivity contribution in [2.24, 2.45) is 0 Å². The van der Waals surface area contributed by atoms with Crippen molar-refractivity contribution >= 4 is 16.9 Å². The molecule has 152 valence electrons. The van der Waals surface area contributed by atoms with E-state index in [-0.39, 0.29) is 11.9 Å². The molecule has 0 aliphatic rings. The summed E-state index contributed by atoms with van der Waals surface area (Å²) < 4.78 is 10.6. The molecule has 0 bridgehead atoms. The van der Waals surface area contributed by atoms with Crippen LogP contribution in [0.25, 0.3) is 11.0 Å². The van der Waals surface area contributed by atoms with E-state index in [2.05, 4.69) is 10.3 Å². The standard InChI is InChI=1S/C24H23N3O3/c1-29-21-13-12-17(15-22(21)30-2)24(28)27-20(14-16-8-4-3-5-9-16)23-25-18-10-6-7-11-19(18)26-23/h3-13,15,20H,14H2,1-2H3,(H,25,26)(H,27,28). The maximum atomic E-state index is 13.1. The Balaban J connectivity index is 1.64. The number of para-hydroxylation sites is 2. The molecule has 6 heteroatoms. The molecule has 2 N–H and O–H groups in total. The number of carbonyl (C=O) groups excluding carboxylic acids is 1. The van der Waals surface area contributed by atoms with Gasteiger partial charge in [-0.25, -0.2) is 4.98 Å². The second-order valence-corrected chi connectivity index (χ2v) is 6.92. The zero-order valence-electron chi connectivity index (χ0n) is 16.9. The summed E-state index contributed by atoms with van der Waals surface area (Å²) in [4.78, 5) is 21.1. The molecule has 0 aliphatic carbocycles. The summed E-state index contributed by atoms with van der Waals surface area (Å²) in [7, 11) is 3.11. The van der Waals surface area contributed by atoms with Crippen LogP contribution in [-0.4, -0.2) is 30.1 Å². The molecule has 0 aliphatic heterocycles. The Kier molecular flexibility index (Phi) is 5.66. The smallest absolute Gasteiger partial charge is 0.252 e. The number of nitrogens with zero attached hydrogens (tertiary/aromatic N) is 1. The van der Waals surface area contributed by atoms with Gasteiger partial charge < -0.3 is 19.8 Å². The lowest BCUT2D eigenvalue weighted by atomic mass is 10.0. The number of carbonyl (C=O) groups is 1. The first-order chi connectivity index (χ1) is 14.7. The van der Waals surface area contributed by atoms with Crippen LogP contribution in [0.4, 0.5) is 0 Å². The van der Waals surface area contributed by atoms with Crippen LogP contribution in [0.2, 0.25) is 0 Å². The van der Waals surface area contributed by atoms with Crippen molar-refractivity contribution in [3.63, 3.8) is 0 Å². The summed E-state index contributed by atoms with van der Waals surface area (Å²) in [5.74, 6) is 1.59. The van der Waals surface area contributed by atoms with Crippen LogP contribution in [0, 0.1) is 0 Å². The van der Waals surface area contributed by atoms with Crippen LogP contribution < -0.4 is 14.8 Å². The number of methoxy groups -OCH3 is 2. The van der Waals surface area contributed by atoms with E-state index in [0.717, 1.165) is 16.6 Å². The summed E-state index contributed by atoms with van der Waals surface area (Å²) in [5, 5.41) is 3.12. The van der Waals surface area contributed by atoms with E-state index in [4.69, 9.17) is 14.5 Å². The number of amides is 1. The topological polar surface area (TPSA) is 76.2 Å². The van der Waals surface area contributed by atoms with Gasteiger partial charge in [0.25, 0.3) is 5.91 Å². The van der Waals surface area contributed by atoms with Crippen LogP contribution in [0.3, 0.4) is 0 Å². The monoisotopic (exact) mass is 401 g/mol. The van der Waals surface area contributed by atoms with Gasteiger partial charge >= 0.3 is 0 Å². The molecular weight excluding hydrogens is 378 g/mol. The Morgan fingerprint density at radius 1 is 0.967 bits per heavy atom. The number of hydrogen-bond acceptors (Lipinski definition) is 4. The Bertz CT molecular complexity index is 1120.